The first kappa shape index (κ1) is 11.6. The van der Waals surface area contributed by atoms with E-state index in [9.17, 15) is 4.79 Å². The van der Waals surface area contributed by atoms with Gasteiger partial charge in [0, 0.05) is 11.8 Å². The first-order chi connectivity index (χ1) is 7.46. The smallest absolute Gasteiger partial charge is 0.140 e. The molecule has 0 aromatic carbocycles. The number of Topliss-reactive ketones (excluding diaryl/α,β-unsaturated/α-hetero) is 1. The highest BCUT2D eigenvalue weighted by Crippen LogP contribution is 2.51. The van der Waals surface area contributed by atoms with E-state index >= 15 is 0 Å². The molecule has 1 heteroatoms. The SMILES string of the molecule is C=C(C)[C@H]1CC(=O)[C@@]2(C)[C@H](CC=C[C@H]2C)C1. The van der Waals surface area contributed by atoms with E-state index in [4.69, 9.17) is 0 Å². The Bertz CT molecular complexity index is 352. The molecule has 0 saturated heterocycles. The Hall–Kier alpha value is -0.850. The van der Waals surface area contributed by atoms with Gasteiger partial charge >= 0.3 is 0 Å². The van der Waals surface area contributed by atoms with Gasteiger partial charge in [0.15, 0.2) is 0 Å². The van der Waals surface area contributed by atoms with E-state index in [1.54, 1.807) is 0 Å². The van der Waals surface area contributed by atoms with Crippen LogP contribution < -0.4 is 0 Å². The second-order valence-electron chi connectivity index (χ2n) is 5.84. The van der Waals surface area contributed by atoms with Gasteiger partial charge in [-0.1, -0.05) is 38.2 Å². The fourth-order valence-corrected chi connectivity index (χ4v) is 3.33. The van der Waals surface area contributed by atoms with Crippen molar-refractivity contribution in [3.63, 3.8) is 0 Å². The molecule has 4 atom stereocenters. The van der Waals surface area contributed by atoms with Gasteiger partial charge in [-0.25, -0.2) is 0 Å². The molecule has 0 amide bonds. The predicted octanol–water partition coefficient (Wildman–Crippen LogP) is 3.76. The highest BCUT2D eigenvalue weighted by molar-refractivity contribution is 5.87. The highest BCUT2D eigenvalue weighted by atomic mass is 16.1. The van der Waals surface area contributed by atoms with Crippen LogP contribution >= 0.6 is 0 Å². The zero-order valence-corrected chi connectivity index (χ0v) is 10.6. The van der Waals surface area contributed by atoms with E-state index in [0.717, 1.165) is 12.8 Å². The second-order valence-corrected chi connectivity index (χ2v) is 5.84. The van der Waals surface area contributed by atoms with Crippen LogP contribution in [0.1, 0.15) is 40.0 Å². The monoisotopic (exact) mass is 218 g/mol. The van der Waals surface area contributed by atoms with Crippen molar-refractivity contribution in [3.05, 3.63) is 24.3 Å². The number of carbonyl (C=O) groups is 1. The standard InChI is InChI=1S/C15H22O/c1-10(2)12-8-13-7-5-6-11(3)15(13,4)14(16)9-12/h5-6,11-13H,1,7-9H2,2-4H3/t11-,12-,13-,15-/m1/s1. The third kappa shape index (κ3) is 1.57. The van der Waals surface area contributed by atoms with Gasteiger partial charge in [0.2, 0.25) is 0 Å². The summed E-state index contributed by atoms with van der Waals surface area (Å²) >= 11 is 0. The Morgan fingerprint density at radius 2 is 2.25 bits per heavy atom. The first-order valence-electron chi connectivity index (χ1n) is 6.31. The Morgan fingerprint density at radius 1 is 1.56 bits per heavy atom. The maximum absolute atomic E-state index is 12.4. The number of hydrogen-bond acceptors (Lipinski definition) is 1. The summed E-state index contributed by atoms with van der Waals surface area (Å²) in [5, 5.41) is 0. The molecule has 0 N–H and O–H groups in total. The summed E-state index contributed by atoms with van der Waals surface area (Å²) in [6.07, 6.45) is 7.39. The van der Waals surface area contributed by atoms with E-state index in [1.807, 2.05) is 0 Å². The zero-order chi connectivity index (χ0) is 11.9. The minimum atomic E-state index is -0.110. The van der Waals surface area contributed by atoms with Crippen LogP contribution in [0.2, 0.25) is 0 Å². The Labute approximate surface area is 98.6 Å². The third-order valence-electron chi connectivity index (χ3n) is 4.94. The summed E-state index contributed by atoms with van der Waals surface area (Å²) in [5.74, 6) is 1.79. The number of rotatable bonds is 1. The summed E-state index contributed by atoms with van der Waals surface area (Å²) in [7, 11) is 0. The third-order valence-corrected chi connectivity index (χ3v) is 4.94. The molecule has 88 valence electrons. The minimum Gasteiger partial charge on any atom is -0.299 e. The molecule has 0 heterocycles. The predicted molar refractivity (Wildman–Crippen MR) is 67.1 cm³/mol. The molecule has 16 heavy (non-hydrogen) atoms. The van der Waals surface area contributed by atoms with E-state index in [1.165, 1.54) is 5.57 Å². The molecule has 2 aliphatic rings. The number of hydrogen-bond donors (Lipinski definition) is 0. The maximum atomic E-state index is 12.4. The highest BCUT2D eigenvalue weighted by Gasteiger charge is 2.49. The molecule has 0 aromatic heterocycles. The van der Waals surface area contributed by atoms with Crippen LogP contribution in [-0.2, 0) is 4.79 Å². The molecule has 1 nitrogen and oxygen atoms in total. The lowest BCUT2D eigenvalue weighted by atomic mass is 9.55. The Kier molecular flexibility index (Phi) is 2.81. The summed E-state index contributed by atoms with van der Waals surface area (Å²) in [4.78, 5) is 12.4. The average molecular weight is 218 g/mol. The average Bonchev–Trinajstić information content (AvgIpc) is 2.22. The molecular formula is C15H22O. The van der Waals surface area contributed by atoms with Gasteiger partial charge in [0.1, 0.15) is 5.78 Å². The summed E-state index contributed by atoms with van der Waals surface area (Å²) in [5.41, 5.74) is 1.07. The number of fused-ring (bicyclic) bond motifs is 1. The maximum Gasteiger partial charge on any atom is 0.140 e. The largest absolute Gasteiger partial charge is 0.299 e. The first-order valence-corrected chi connectivity index (χ1v) is 6.31. The van der Waals surface area contributed by atoms with Gasteiger partial charge in [0.25, 0.3) is 0 Å². The fraction of sp³-hybridized carbons (Fsp3) is 0.667. The van der Waals surface area contributed by atoms with Crippen molar-refractivity contribution >= 4 is 5.78 Å². The van der Waals surface area contributed by atoms with Crippen LogP contribution in [0.4, 0.5) is 0 Å². The van der Waals surface area contributed by atoms with Gasteiger partial charge in [-0.2, -0.15) is 0 Å². The van der Waals surface area contributed by atoms with Crippen molar-refractivity contribution in [2.45, 2.75) is 40.0 Å². The van der Waals surface area contributed by atoms with Crippen molar-refractivity contribution in [2.24, 2.45) is 23.2 Å². The van der Waals surface area contributed by atoms with E-state index in [0.29, 0.717) is 30.0 Å². The van der Waals surface area contributed by atoms with Crippen molar-refractivity contribution in [2.75, 3.05) is 0 Å². The Balaban J connectivity index is 2.30. The molecule has 0 aromatic rings. The van der Waals surface area contributed by atoms with E-state index < -0.39 is 0 Å². The topological polar surface area (TPSA) is 17.1 Å². The lowest BCUT2D eigenvalue weighted by Crippen LogP contribution is -2.47. The quantitative estimate of drug-likeness (QED) is 0.612. The molecule has 0 radical (unpaired) electrons. The normalized spacial score (nSPS) is 42.9. The number of allylic oxidation sites excluding steroid dienone is 3. The Morgan fingerprint density at radius 3 is 2.88 bits per heavy atom. The van der Waals surface area contributed by atoms with Crippen LogP contribution in [0, 0.1) is 23.2 Å². The van der Waals surface area contributed by atoms with Gasteiger partial charge in [-0.05, 0) is 37.5 Å². The van der Waals surface area contributed by atoms with Gasteiger partial charge < -0.3 is 0 Å². The van der Waals surface area contributed by atoms with Crippen LogP contribution in [0.5, 0.6) is 0 Å². The number of ketones is 1. The molecule has 2 aliphatic carbocycles. The van der Waals surface area contributed by atoms with Crippen molar-refractivity contribution in [3.8, 4) is 0 Å². The molecule has 0 spiro atoms. The molecule has 2 rings (SSSR count). The summed E-state index contributed by atoms with van der Waals surface area (Å²) in [6, 6.07) is 0. The van der Waals surface area contributed by atoms with Gasteiger partial charge in [0.05, 0.1) is 0 Å². The van der Waals surface area contributed by atoms with Crippen molar-refractivity contribution < 1.29 is 4.79 Å². The summed E-state index contributed by atoms with van der Waals surface area (Å²) in [6.45, 7) is 10.4. The molecule has 0 bridgehead atoms. The zero-order valence-electron chi connectivity index (χ0n) is 10.6. The minimum absolute atomic E-state index is 0.110. The van der Waals surface area contributed by atoms with Gasteiger partial charge in [-0.15, -0.1) is 0 Å². The van der Waals surface area contributed by atoms with Crippen molar-refractivity contribution in [1.29, 1.82) is 0 Å². The molecule has 0 unspecified atom stereocenters. The second kappa shape index (κ2) is 3.87. The summed E-state index contributed by atoms with van der Waals surface area (Å²) < 4.78 is 0. The van der Waals surface area contributed by atoms with Crippen LogP contribution in [-0.4, -0.2) is 5.78 Å². The molecular weight excluding hydrogens is 196 g/mol. The molecule has 0 aliphatic heterocycles. The molecule has 1 fully saturated rings. The van der Waals surface area contributed by atoms with E-state index in [-0.39, 0.29) is 5.41 Å². The fourth-order valence-electron chi connectivity index (χ4n) is 3.33. The lowest BCUT2D eigenvalue weighted by Gasteiger charge is -2.48. The van der Waals surface area contributed by atoms with E-state index in [2.05, 4.69) is 39.5 Å². The lowest BCUT2D eigenvalue weighted by molar-refractivity contribution is -0.138. The van der Waals surface area contributed by atoms with Crippen LogP contribution in [0.3, 0.4) is 0 Å². The van der Waals surface area contributed by atoms with Crippen LogP contribution in [0.15, 0.2) is 24.3 Å². The number of carbonyl (C=O) groups excluding carboxylic acids is 1. The van der Waals surface area contributed by atoms with Crippen LogP contribution in [0.25, 0.3) is 0 Å². The van der Waals surface area contributed by atoms with Gasteiger partial charge in [-0.3, -0.25) is 4.79 Å². The molecule has 1 saturated carbocycles. The van der Waals surface area contributed by atoms with Crippen molar-refractivity contribution in [1.82, 2.24) is 0 Å².